The Morgan fingerprint density at radius 3 is 2.75 bits per heavy atom. The number of β-lactam (4-membered cyclic amide) rings is 1. The molecule has 3 heterocycles. The number of nitrogens with two attached hydrogens (primary N) is 1. The van der Waals surface area contributed by atoms with Gasteiger partial charge in [0.2, 0.25) is 5.91 Å². The van der Waals surface area contributed by atoms with Gasteiger partial charge in [-0.15, -0.1) is 0 Å². The van der Waals surface area contributed by atoms with Gasteiger partial charge in [0.25, 0.3) is 0 Å². The summed E-state index contributed by atoms with van der Waals surface area (Å²) in [6.45, 7) is 3.11. The van der Waals surface area contributed by atoms with E-state index in [0.29, 0.717) is 21.9 Å². The number of aliphatic carboxylic acids is 1. The Labute approximate surface area is 186 Å². The van der Waals surface area contributed by atoms with Crippen molar-refractivity contribution in [2.75, 3.05) is 5.73 Å². The average Bonchev–Trinajstić information content (AvgIpc) is 2.74. The first-order valence-corrected chi connectivity index (χ1v) is 7.90. The van der Waals surface area contributed by atoms with Crippen LogP contribution in [0.5, 0.6) is 0 Å². The number of thioether (sulfide) groups is 1. The van der Waals surface area contributed by atoms with Gasteiger partial charge in [-0.05, 0) is 19.9 Å². The number of nitrogens with zero attached hydrogens (tertiary/aromatic N) is 2. The van der Waals surface area contributed by atoms with Crippen molar-refractivity contribution in [2.45, 2.75) is 36.8 Å². The Morgan fingerprint density at radius 2 is 2.21 bits per heavy atom. The first-order chi connectivity index (χ1) is 10.7. The monoisotopic (exact) mass is 373 g/mol. The van der Waals surface area contributed by atoms with Crippen LogP contribution in [0.25, 0.3) is 0 Å². The predicted molar refractivity (Wildman–Crippen MR) is 81.6 cm³/mol. The Kier molecular flexibility index (Phi) is 5.85. The molecule has 9 heteroatoms. The summed E-state index contributed by atoms with van der Waals surface area (Å²) < 4.78 is 0. The predicted octanol–water partition coefficient (Wildman–Crippen LogP) is -3.28. The van der Waals surface area contributed by atoms with E-state index in [-0.39, 0.29) is 69.0 Å². The number of hydrogen-bond donors (Lipinski definition) is 2. The Morgan fingerprint density at radius 1 is 1.54 bits per heavy atom. The van der Waals surface area contributed by atoms with Gasteiger partial charge in [0.1, 0.15) is 0 Å². The van der Waals surface area contributed by atoms with E-state index in [2.05, 4.69) is 4.98 Å². The van der Waals surface area contributed by atoms with Crippen molar-refractivity contribution < 1.29 is 71.2 Å². The summed E-state index contributed by atoms with van der Waals surface area (Å²) in [4.78, 5) is 30.1. The maximum absolute atomic E-state index is 12.3. The van der Waals surface area contributed by atoms with Crippen molar-refractivity contribution in [1.82, 2.24) is 9.88 Å². The molecule has 1 amide bonds. The number of carbonyl (C=O) groups is 2. The molecule has 0 spiro atoms. The number of aromatic nitrogens is 1. The minimum absolute atomic E-state index is 0. The van der Waals surface area contributed by atoms with E-state index in [9.17, 15) is 19.8 Å². The summed E-state index contributed by atoms with van der Waals surface area (Å²) in [6, 6.07) is 1.33. The maximum atomic E-state index is 12.3. The number of anilines is 1. The number of rotatable bonds is 4. The molecule has 1 saturated heterocycles. The molecule has 1 aromatic rings. The van der Waals surface area contributed by atoms with Crippen LogP contribution in [0.15, 0.2) is 34.0 Å². The molecule has 0 bridgehead atoms. The molecular weight excluding hydrogens is 357 g/mol. The van der Waals surface area contributed by atoms with Crippen LogP contribution in [0.3, 0.4) is 0 Å². The summed E-state index contributed by atoms with van der Waals surface area (Å²) in [7, 11) is 0. The molecular formula is C15H16KN3O4S. The second-order valence-corrected chi connectivity index (χ2v) is 7.32. The van der Waals surface area contributed by atoms with Crippen molar-refractivity contribution >= 4 is 29.3 Å². The standard InChI is InChI=1S/C15H17N3O4S.K/c1-15(2,22)11-8-5-10(12(14(20)21)18(8)13(11)19)23-9-3-4-17-6-7(9)16;/h3-4,6,8,11,22H,5,16H2,1-2H3,(H,20,21);/q;+1/p-1/t8-,11+;/m1./s1. The number of nitrogen functional groups attached to an aromatic ring is 1. The van der Waals surface area contributed by atoms with Crippen molar-refractivity contribution in [3.63, 3.8) is 0 Å². The van der Waals surface area contributed by atoms with E-state index in [4.69, 9.17) is 5.73 Å². The third-order valence-corrected chi connectivity index (χ3v) is 5.32. The molecule has 2 aliphatic heterocycles. The van der Waals surface area contributed by atoms with Crippen LogP contribution in [-0.4, -0.2) is 38.5 Å². The summed E-state index contributed by atoms with van der Waals surface area (Å²) in [5.74, 6) is -2.41. The zero-order valence-electron chi connectivity index (χ0n) is 13.6. The molecule has 0 aromatic carbocycles. The van der Waals surface area contributed by atoms with Gasteiger partial charge in [-0.25, -0.2) is 0 Å². The number of amides is 1. The third-order valence-electron chi connectivity index (χ3n) is 4.12. The van der Waals surface area contributed by atoms with Gasteiger partial charge in [0.15, 0.2) is 0 Å². The van der Waals surface area contributed by atoms with E-state index < -0.39 is 17.5 Å². The molecule has 0 unspecified atom stereocenters. The summed E-state index contributed by atoms with van der Waals surface area (Å²) in [6.07, 6.45) is 3.40. The number of aliphatic hydroxyl groups is 1. The number of pyridine rings is 1. The number of fused-ring (bicyclic) bond motifs is 1. The Hall–Kier alpha value is -0.424. The molecule has 24 heavy (non-hydrogen) atoms. The number of carbonyl (C=O) groups excluding carboxylic acids is 2. The number of carboxylic acid groups (broad SMARTS) is 1. The molecule has 3 N–H and O–H groups in total. The number of hydrogen-bond acceptors (Lipinski definition) is 7. The quantitative estimate of drug-likeness (QED) is 0.420. The van der Waals surface area contributed by atoms with Gasteiger partial charge in [-0.2, -0.15) is 0 Å². The van der Waals surface area contributed by atoms with Crippen LogP contribution in [0.4, 0.5) is 5.69 Å². The van der Waals surface area contributed by atoms with E-state index in [1.807, 2.05) is 0 Å². The van der Waals surface area contributed by atoms with Gasteiger partial charge < -0.3 is 25.6 Å². The van der Waals surface area contributed by atoms with Crippen LogP contribution >= 0.6 is 11.8 Å². The van der Waals surface area contributed by atoms with E-state index >= 15 is 0 Å². The van der Waals surface area contributed by atoms with Gasteiger partial charge >= 0.3 is 51.4 Å². The second-order valence-electron chi connectivity index (χ2n) is 6.19. The fraction of sp³-hybridized carbons (Fsp3) is 0.400. The molecule has 3 rings (SSSR count). The van der Waals surface area contributed by atoms with Crippen LogP contribution in [0.2, 0.25) is 0 Å². The Bertz CT molecular complexity index is 732. The van der Waals surface area contributed by atoms with Crippen molar-refractivity contribution in [3.8, 4) is 0 Å². The zero-order valence-corrected chi connectivity index (χ0v) is 17.6. The van der Waals surface area contributed by atoms with Crippen LogP contribution in [0, 0.1) is 5.92 Å². The first-order valence-electron chi connectivity index (χ1n) is 7.09. The molecule has 1 aromatic heterocycles. The molecule has 7 nitrogen and oxygen atoms in total. The Balaban J connectivity index is 0.00000208. The fourth-order valence-corrected chi connectivity index (χ4v) is 4.24. The minimum atomic E-state index is -1.40. The molecule has 0 aliphatic carbocycles. The molecule has 1 fully saturated rings. The summed E-state index contributed by atoms with van der Waals surface area (Å²) in [5.41, 5.74) is 4.95. The fourth-order valence-electron chi connectivity index (χ4n) is 3.15. The molecule has 0 saturated carbocycles. The van der Waals surface area contributed by atoms with Crippen LogP contribution in [-0.2, 0) is 9.59 Å². The smallest absolute Gasteiger partial charge is 0.543 e. The van der Waals surface area contributed by atoms with Crippen molar-refractivity contribution in [1.29, 1.82) is 0 Å². The van der Waals surface area contributed by atoms with E-state index in [0.717, 1.165) is 0 Å². The molecule has 0 radical (unpaired) electrons. The van der Waals surface area contributed by atoms with Gasteiger partial charge in [-0.3, -0.25) is 9.78 Å². The number of carboxylic acids is 1. The normalized spacial score (nSPS) is 22.8. The molecule has 2 aliphatic rings. The summed E-state index contributed by atoms with van der Waals surface area (Å²) in [5, 5.41) is 21.6. The minimum Gasteiger partial charge on any atom is -0.543 e. The molecule has 122 valence electrons. The van der Waals surface area contributed by atoms with Crippen molar-refractivity contribution in [3.05, 3.63) is 29.1 Å². The topological polar surface area (TPSA) is 120 Å². The third kappa shape index (κ3) is 3.30. The zero-order chi connectivity index (χ0) is 16.9. The first kappa shape index (κ1) is 19.9. The maximum Gasteiger partial charge on any atom is 1.00 e. The van der Waals surface area contributed by atoms with Gasteiger partial charge in [0.05, 0.1) is 41.1 Å². The van der Waals surface area contributed by atoms with Gasteiger partial charge in [0, 0.05) is 22.4 Å². The van der Waals surface area contributed by atoms with Gasteiger partial charge in [-0.1, -0.05) is 11.8 Å². The van der Waals surface area contributed by atoms with Crippen LogP contribution < -0.4 is 62.2 Å². The SMILES string of the molecule is CC(C)(O)[C@@H]1C(=O)N2C(C(=O)[O-])=C(Sc3ccncc3N)C[C@H]12.[K+]. The second kappa shape index (κ2) is 7.06. The van der Waals surface area contributed by atoms with E-state index in [1.54, 1.807) is 26.1 Å². The van der Waals surface area contributed by atoms with Crippen molar-refractivity contribution in [2.24, 2.45) is 5.92 Å². The average molecular weight is 373 g/mol. The van der Waals surface area contributed by atoms with E-state index in [1.165, 1.54) is 22.9 Å². The molecule has 2 atom stereocenters. The van der Waals surface area contributed by atoms with Crippen LogP contribution in [0.1, 0.15) is 20.3 Å². The summed E-state index contributed by atoms with van der Waals surface area (Å²) >= 11 is 1.19. The largest absolute Gasteiger partial charge is 1.00 e.